The Morgan fingerprint density at radius 2 is 1.04 bits per heavy atom. The van der Waals surface area contributed by atoms with Crippen molar-refractivity contribution in [3.63, 3.8) is 0 Å². The van der Waals surface area contributed by atoms with Crippen LogP contribution in [-0.4, -0.2) is 197 Å². The number of aliphatic imine (C=N–C) groups is 2. The Morgan fingerprint density at radius 1 is 0.550 bits per heavy atom. The molecule has 1 aliphatic rings. The molecule has 5 aromatic rings. The maximum absolute atomic E-state index is 15.2. The van der Waals surface area contributed by atoms with Crippen LogP contribution in [0.5, 0.6) is 5.75 Å². The number of halogens is 2. The number of aliphatic hydroxyl groups excluding tert-OH is 1. The molecule has 109 heavy (non-hydrogen) atoms. The van der Waals surface area contributed by atoms with Crippen LogP contribution < -0.4 is 75.7 Å². The number of hydrogen-bond acceptors (Lipinski definition) is 15. The predicted molar refractivity (Wildman–Crippen MR) is 416 cm³/mol. The molecule has 0 radical (unpaired) electrons. The molecule has 20 N–H and O–H groups in total. The van der Waals surface area contributed by atoms with Crippen LogP contribution >= 0.6 is 23.2 Å². The van der Waals surface area contributed by atoms with Gasteiger partial charge in [0.15, 0.2) is 11.9 Å². The summed E-state index contributed by atoms with van der Waals surface area (Å²) in [5.74, 6) is -8.78. The van der Waals surface area contributed by atoms with Crippen LogP contribution in [0.3, 0.4) is 0 Å². The van der Waals surface area contributed by atoms with Crippen LogP contribution in [0.2, 0.25) is 10.0 Å². The van der Waals surface area contributed by atoms with E-state index >= 15 is 14.4 Å². The number of unbranched alkanes of at least 4 members (excludes halogenated alkanes) is 1. The minimum atomic E-state index is -1.83. The highest BCUT2D eigenvalue weighted by Crippen LogP contribution is 2.23. The van der Waals surface area contributed by atoms with Crippen molar-refractivity contribution in [1.29, 1.82) is 0 Å². The monoisotopic (exact) mass is 1550 g/mol. The number of phenols is 1. The Morgan fingerprint density at radius 3 is 1.58 bits per heavy atom. The van der Waals surface area contributed by atoms with E-state index in [1.807, 2.05) is 27.7 Å². The van der Waals surface area contributed by atoms with E-state index in [9.17, 15) is 48.6 Å². The van der Waals surface area contributed by atoms with Gasteiger partial charge in [-0.1, -0.05) is 105 Å². The molecule has 33 heteroatoms. The number of phenolic OH excluding ortho intramolecular Hbond substituents is 1. The van der Waals surface area contributed by atoms with Crippen LogP contribution in [0, 0.1) is 5.92 Å². The first-order valence-corrected chi connectivity index (χ1v) is 37.6. The highest BCUT2D eigenvalue weighted by atomic mass is 35.5. The standard InChI is InChI=1S/C76H106Cl2N18O13/c1-7-32-83-76(84-33-8-2)85-34-12-11-17-56(66(101)91-58(37-44(3)4)67(102)90-57(18-13-35-82-75(80)81)74(109)96-36-14-19-64(96)73(108)87-45(5)65(79)100)89-69(104)60(40-49-24-30-53(99)31-25-49)93-72(107)63(43-97)95-71(106)62(41-50-42-86-55-16-10-9-15-54(50)55)94-70(105)61(39-48-22-28-52(78)29-23-48)92-68(103)59(88-46(6)98)38-47-20-26-51(77)27-21-47/h9-10,15-16,20-31,42,44-45,56-64,86,97,99H,7-8,11-14,17-19,32-41,43H2,1-6H3,(H2,79,100)(H,87,108)(H,88,98)(H,89,104)(H,90,102)(H,91,101)(H,92,103)(H,93,107)(H,94,105)(H,95,106)(H4,80,81,82)(H2,83,84,85)/t45-,56-,57+,58+,59-,60+,61-,62-,63+,64+/m1/s1. The number of H-pyrrole nitrogens is 1. The van der Waals surface area contributed by atoms with Gasteiger partial charge >= 0.3 is 0 Å². The first-order chi connectivity index (χ1) is 52.0. The van der Waals surface area contributed by atoms with Gasteiger partial charge in [-0.05, 0) is 142 Å². The Bertz CT molecular complexity index is 3930. The number of aromatic nitrogens is 1. The average Bonchev–Trinajstić information content (AvgIpc) is 1.73. The van der Waals surface area contributed by atoms with Gasteiger partial charge < -0.3 is 95.8 Å². The molecule has 1 aliphatic heterocycles. The third-order valence-electron chi connectivity index (χ3n) is 18.0. The van der Waals surface area contributed by atoms with Crippen molar-refractivity contribution in [3.8, 4) is 5.75 Å². The first-order valence-electron chi connectivity index (χ1n) is 36.9. The van der Waals surface area contributed by atoms with Crippen LogP contribution in [0.4, 0.5) is 0 Å². The second-order valence-electron chi connectivity index (χ2n) is 27.4. The number of nitrogens with zero attached hydrogens (tertiary/aromatic N) is 3. The number of carbonyl (C=O) groups is 11. The Kier molecular flexibility index (Phi) is 35.8. The molecule has 6 rings (SSSR count). The van der Waals surface area contributed by atoms with Gasteiger partial charge in [0.1, 0.15) is 66.2 Å². The molecule has 0 aliphatic carbocycles. The summed E-state index contributed by atoms with van der Waals surface area (Å²) < 4.78 is 0. The van der Waals surface area contributed by atoms with Crippen molar-refractivity contribution in [2.75, 3.05) is 39.3 Å². The van der Waals surface area contributed by atoms with Crippen LogP contribution in [-0.2, 0) is 78.4 Å². The molecule has 1 fully saturated rings. The lowest BCUT2D eigenvalue weighted by molar-refractivity contribution is -0.142. The fourth-order valence-corrected chi connectivity index (χ4v) is 12.5. The maximum Gasteiger partial charge on any atom is 0.245 e. The molecular formula is C76H106Cl2N18O13. The number of para-hydroxylation sites is 1. The molecular weight excluding hydrogens is 1440 g/mol. The number of benzene rings is 4. The van der Waals surface area contributed by atoms with E-state index in [2.05, 4.69) is 73.5 Å². The normalized spacial score (nSPS) is 15.2. The summed E-state index contributed by atoms with van der Waals surface area (Å²) in [7, 11) is 0. The van der Waals surface area contributed by atoms with Crippen molar-refractivity contribution in [2.45, 2.75) is 192 Å². The summed E-state index contributed by atoms with van der Waals surface area (Å²) in [6.45, 7) is 11.0. The summed E-state index contributed by atoms with van der Waals surface area (Å²) in [5.41, 5.74) is 19.5. The number of aromatic amines is 1. The largest absolute Gasteiger partial charge is 0.508 e. The van der Waals surface area contributed by atoms with Gasteiger partial charge in [-0.2, -0.15) is 0 Å². The number of amides is 11. The van der Waals surface area contributed by atoms with Gasteiger partial charge in [-0.3, -0.25) is 62.7 Å². The van der Waals surface area contributed by atoms with Gasteiger partial charge in [0.2, 0.25) is 65.0 Å². The zero-order valence-electron chi connectivity index (χ0n) is 62.5. The zero-order valence-corrected chi connectivity index (χ0v) is 64.0. The summed E-state index contributed by atoms with van der Waals surface area (Å²) in [4.78, 5) is 170. The van der Waals surface area contributed by atoms with Gasteiger partial charge in [0.25, 0.3) is 0 Å². The first kappa shape index (κ1) is 87.4. The fourth-order valence-electron chi connectivity index (χ4n) is 12.2. The Labute approximate surface area is 644 Å². The second-order valence-corrected chi connectivity index (χ2v) is 28.3. The van der Waals surface area contributed by atoms with E-state index in [0.717, 1.165) is 12.8 Å². The van der Waals surface area contributed by atoms with Crippen molar-refractivity contribution < 1.29 is 63.0 Å². The Hall–Kier alpha value is -10.5. The number of nitrogens with two attached hydrogens (primary N) is 3. The molecule has 31 nitrogen and oxygen atoms in total. The number of nitrogens with one attached hydrogen (secondary N) is 12. The van der Waals surface area contributed by atoms with E-state index in [1.54, 1.807) is 79.0 Å². The predicted octanol–water partition coefficient (Wildman–Crippen LogP) is 1.95. The maximum atomic E-state index is 15.2. The lowest BCUT2D eigenvalue weighted by Gasteiger charge is -2.31. The molecule has 10 atom stereocenters. The van der Waals surface area contributed by atoms with E-state index in [1.165, 1.54) is 43.0 Å². The van der Waals surface area contributed by atoms with Gasteiger partial charge in [-0.25, -0.2) is 0 Å². The quantitative estimate of drug-likeness (QED) is 0.0151. The summed E-state index contributed by atoms with van der Waals surface area (Å²) >= 11 is 12.4. The number of aliphatic hydroxyl groups is 1. The number of fused-ring (bicyclic) bond motifs is 1. The number of aromatic hydroxyl groups is 1. The number of rotatable bonds is 43. The minimum absolute atomic E-state index is 0.000974. The van der Waals surface area contributed by atoms with Gasteiger partial charge in [0.05, 0.1) is 6.61 Å². The molecule has 0 spiro atoms. The van der Waals surface area contributed by atoms with Crippen molar-refractivity contribution in [2.24, 2.45) is 33.1 Å². The number of hydrogen-bond donors (Lipinski definition) is 17. The Balaban J connectivity index is 1.31. The highest BCUT2D eigenvalue weighted by Gasteiger charge is 2.40. The molecule has 4 aromatic carbocycles. The van der Waals surface area contributed by atoms with E-state index < -0.39 is 132 Å². The molecule has 1 aromatic heterocycles. The third kappa shape index (κ3) is 29.2. The SMILES string of the molecule is CCCN=C(NCCC)NCCCC[C@@H](NC(=O)[C@H](Cc1ccc(O)cc1)NC(=O)[C@H](CO)NC(=O)[C@@H](Cc1c[nH]c2ccccc12)NC(=O)[C@@H](Cc1ccc(Cl)cc1)NC(=O)[C@@H](Cc1ccc(Cl)cc1)NC(C)=O)C(=O)N[C@@H](CC(C)C)C(=O)N[C@@H](CCCN=C(N)N)C(=O)N1CCC[C@H]1C(=O)N[C@H](C)C(N)=O. The topological polar surface area (TPSA) is 482 Å². The van der Waals surface area contributed by atoms with Gasteiger partial charge in [0, 0.05) is 92.5 Å². The number of likely N-dealkylation sites (tertiary alicyclic amines) is 1. The summed E-state index contributed by atoms with van der Waals surface area (Å²) in [6.07, 6.45) is 4.16. The molecule has 0 bridgehead atoms. The minimum Gasteiger partial charge on any atom is -0.508 e. The lowest BCUT2D eigenvalue weighted by Crippen LogP contribution is -2.61. The highest BCUT2D eigenvalue weighted by molar-refractivity contribution is 6.30. The number of primary amides is 1. The molecule has 0 saturated carbocycles. The van der Waals surface area contributed by atoms with Crippen LogP contribution in [0.15, 0.2) is 113 Å². The van der Waals surface area contributed by atoms with Crippen molar-refractivity contribution in [3.05, 3.63) is 136 Å². The molecule has 11 amide bonds. The van der Waals surface area contributed by atoms with Crippen LogP contribution in [0.25, 0.3) is 10.9 Å². The number of guanidine groups is 2. The molecule has 592 valence electrons. The smallest absolute Gasteiger partial charge is 0.245 e. The summed E-state index contributed by atoms with van der Waals surface area (Å²) in [5, 5.41) is 53.9. The van der Waals surface area contributed by atoms with E-state index in [-0.39, 0.29) is 94.9 Å². The summed E-state index contributed by atoms with van der Waals surface area (Å²) in [6, 6.07) is 12.3. The van der Waals surface area contributed by atoms with E-state index in [4.69, 9.17) is 40.4 Å². The van der Waals surface area contributed by atoms with E-state index in [0.29, 0.717) is 81.6 Å². The van der Waals surface area contributed by atoms with Crippen molar-refractivity contribution >= 4 is 111 Å². The molecule has 1 saturated heterocycles. The number of carbonyl (C=O) groups excluding carboxylic acids is 11. The zero-order chi connectivity index (χ0) is 79.7. The van der Waals surface area contributed by atoms with Crippen molar-refractivity contribution in [1.82, 2.24) is 68.4 Å². The second kappa shape index (κ2) is 44.7. The van der Waals surface area contributed by atoms with Crippen LogP contribution in [0.1, 0.15) is 128 Å². The lowest BCUT2D eigenvalue weighted by atomic mass is 10.00. The van der Waals surface area contributed by atoms with Gasteiger partial charge in [-0.15, -0.1) is 0 Å². The average molecular weight is 1550 g/mol. The molecule has 2 heterocycles. The third-order valence-corrected chi connectivity index (χ3v) is 18.5. The molecule has 0 unspecified atom stereocenters. The fraction of sp³-hybridized carbons (Fsp3) is 0.487.